The highest BCUT2D eigenvalue weighted by Crippen LogP contribution is 2.33. The van der Waals surface area contributed by atoms with Crippen LogP contribution < -0.4 is 18.9 Å². The second-order valence-electron chi connectivity index (χ2n) is 9.19. The van der Waals surface area contributed by atoms with Gasteiger partial charge in [0.05, 0.1) is 27.4 Å². The molecule has 36 heavy (non-hydrogen) atoms. The van der Waals surface area contributed by atoms with Crippen molar-refractivity contribution in [1.29, 1.82) is 0 Å². The third kappa shape index (κ3) is 7.29. The maximum Gasteiger partial charge on any atom is 0.254 e. The van der Waals surface area contributed by atoms with Gasteiger partial charge in [-0.3, -0.25) is 4.79 Å². The highest BCUT2D eigenvalue weighted by atomic mass is 16.5. The van der Waals surface area contributed by atoms with Gasteiger partial charge >= 0.3 is 0 Å². The number of carbonyl (C=O) groups is 1. The van der Waals surface area contributed by atoms with Crippen LogP contribution in [0.25, 0.3) is 0 Å². The second-order valence-corrected chi connectivity index (χ2v) is 9.19. The molecule has 0 heterocycles. The second kappa shape index (κ2) is 14.0. The van der Waals surface area contributed by atoms with E-state index in [4.69, 9.17) is 18.9 Å². The number of carbonyl (C=O) groups excluding carboxylic acids is 1. The van der Waals surface area contributed by atoms with Gasteiger partial charge in [0.2, 0.25) is 0 Å². The zero-order valence-corrected chi connectivity index (χ0v) is 22.5. The molecule has 0 spiro atoms. The fourth-order valence-corrected chi connectivity index (χ4v) is 4.75. The van der Waals surface area contributed by atoms with E-state index in [2.05, 4.69) is 18.7 Å². The van der Waals surface area contributed by atoms with Crippen molar-refractivity contribution in [2.24, 2.45) is 0 Å². The van der Waals surface area contributed by atoms with Crippen LogP contribution in [0.5, 0.6) is 23.0 Å². The van der Waals surface area contributed by atoms with Crippen LogP contribution in [0, 0.1) is 0 Å². The Morgan fingerprint density at radius 2 is 1.47 bits per heavy atom. The third-order valence-corrected chi connectivity index (χ3v) is 6.91. The standard InChI is InChI=1S/C29H42N2O5/c1-6-30(7-2)17-10-18-31(29(32)23-14-16-25(33-3)27(20-23)35-5)21-22-13-15-26(34-4)28(19-22)36-24-11-8-9-12-24/h13-16,19-20,24H,6-12,17-18,21H2,1-5H3. The van der Waals surface area contributed by atoms with Gasteiger partial charge in [-0.05, 0) is 87.6 Å². The average Bonchev–Trinajstić information content (AvgIpc) is 3.43. The fraction of sp³-hybridized carbons (Fsp3) is 0.552. The molecule has 1 aliphatic rings. The van der Waals surface area contributed by atoms with Crippen molar-refractivity contribution in [1.82, 2.24) is 9.80 Å². The predicted molar refractivity (Wildman–Crippen MR) is 143 cm³/mol. The van der Waals surface area contributed by atoms with E-state index in [1.165, 1.54) is 12.8 Å². The Kier molecular flexibility index (Phi) is 10.7. The van der Waals surface area contributed by atoms with E-state index < -0.39 is 0 Å². The van der Waals surface area contributed by atoms with Gasteiger partial charge in [0, 0.05) is 18.7 Å². The van der Waals surface area contributed by atoms with E-state index in [1.807, 2.05) is 23.1 Å². The molecule has 0 saturated heterocycles. The van der Waals surface area contributed by atoms with Gasteiger partial charge in [0.1, 0.15) is 0 Å². The van der Waals surface area contributed by atoms with E-state index >= 15 is 0 Å². The van der Waals surface area contributed by atoms with Crippen LogP contribution in [-0.2, 0) is 6.54 Å². The first-order valence-corrected chi connectivity index (χ1v) is 13.1. The summed E-state index contributed by atoms with van der Waals surface area (Å²) in [6.07, 6.45) is 5.67. The topological polar surface area (TPSA) is 60.5 Å². The summed E-state index contributed by atoms with van der Waals surface area (Å²) < 4.78 is 22.6. The van der Waals surface area contributed by atoms with Gasteiger partial charge in [-0.2, -0.15) is 0 Å². The quantitative estimate of drug-likeness (QED) is 0.347. The molecule has 198 valence electrons. The lowest BCUT2D eigenvalue weighted by atomic mass is 10.1. The Morgan fingerprint density at radius 1 is 0.833 bits per heavy atom. The van der Waals surface area contributed by atoms with Crippen molar-refractivity contribution in [3.05, 3.63) is 47.5 Å². The smallest absolute Gasteiger partial charge is 0.254 e. The first kappa shape index (κ1) is 27.7. The minimum Gasteiger partial charge on any atom is -0.493 e. The molecule has 7 nitrogen and oxygen atoms in total. The van der Waals surface area contributed by atoms with E-state index in [0.717, 1.165) is 56.0 Å². The molecule has 1 aliphatic carbocycles. The van der Waals surface area contributed by atoms with Gasteiger partial charge in [-0.25, -0.2) is 0 Å². The Morgan fingerprint density at radius 3 is 2.11 bits per heavy atom. The summed E-state index contributed by atoms with van der Waals surface area (Å²) in [5.41, 5.74) is 1.59. The summed E-state index contributed by atoms with van der Waals surface area (Å²) in [6.45, 7) is 8.41. The summed E-state index contributed by atoms with van der Waals surface area (Å²) in [7, 11) is 4.83. The maximum absolute atomic E-state index is 13.7. The summed E-state index contributed by atoms with van der Waals surface area (Å²) in [5, 5.41) is 0. The number of nitrogens with zero attached hydrogens (tertiary/aromatic N) is 2. The molecule has 0 bridgehead atoms. The normalized spacial score (nSPS) is 13.6. The number of hydrogen-bond donors (Lipinski definition) is 0. The molecule has 0 aromatic heterocycles. The Hall–Kier alpha value is -2.93. The number of ether oxygens (including phenoxy) is 4. The lowest BCUT2D eigenvalue weighted by Gasteiger charge is -2.26. The van der Waals surface area contributed by atoms with Crippen LogP contribution in [-0.4, -0.2) is 69.3 Å². The Bertz CT molecular complexity index is 970. The van der Waals surface area contributed by atoms with Crippen molar-refractivity contribution in [3.63, 3.8) is 0 Å². The van der Waals surface area contributed by atoms with Crippen molar-refractivity contribution >= 4 is 5.91 Å². The lowest BCUT2D eigenvalue weighted by Crippen LogP contribution is -2.34. The van der Waals surface area contributed by atoms with Gasteiger partial charge in [-0.15, -0.1) is 0 Å². The fourth-order valence-electron chi connectivity index (χ4n) is 4.75. The number of methoxy groups -OCH3 is 3. The number of benzene rings is 2. The molecule has 1 amide bonds. The van der Waals surface area contributed by atoms with Crippen molar-refractivity contribution in [2.75, 3.05) is 47.5 Å². The van der Waals surface area contributed by atoms with Gasteiger partial charge in [-0.1, -0.05) is 19.9 Å². The van der Waals surface area contributed by atoms with Crippen LogP contribution >= 0.6 is 0 Å². The SMILES string of the molecule is CCN(CC)CCCN(Cc1ccc(OC)c(OC2CCCC2)c1)C(=O)c1ccc(OC)c(OC)c1. The molecule has 0 atom stereocenters. The van der Waals surface area contributed by atoms with Crippen molar-refractivity contribution in [2.45, 2.75) is 58.6 Å². The monoisotopic (exact) mass is 498 g/mol. The molecule has 2 aromatic carbocycles. The first-order chi connectivity index (χ1) is 17.5. The molecule has 2 aromatic rings. The molecule has 0 N–H and O–H groups in total. The van der Waals surface area contributed by atoms with E-state index in [0.29, 0.717) is 30.2 Å². The summed E-state index contributed by atoms with van der Waals surface area (Å²) in [5.74, 6) is 2.59. The minimum atomic E-state index is -0.0374. The summed E-state index contributed by atoms with van der Waals surface area (Å²) in [6, 6.07) is 11.3. The van der Waals surface area contributed by atoms with Crippen LogP contribution in [0.15, 0.2) is 36.4 Å². The highest BCUT2D eigenvalue weighted by Gasteiger charge is 2.21. The molecule has 1 saturated carbocycles. The van der Waals surface area contributed by atoms with Crippen molar-refractivity contribution in [3.8, 4) is 23.0 Å². The van der Waals surface area contributed by atoms with E-state index in [9.17, 15) is 4.79 Å². The maximum atomic E-state index is 13.7. The summed E-state index contributed by atoms with van der Waals surface area (Å²) >= 11 is 0. The highest BCUT2D eigenvalue weighted by molar-refractivity contribution is 5.95. The van der Waals surface area contributed by atoms with E-state index in [-0.39, 0.29) is 12.0 Å². The van der Waals surface area contributed by atoms with Crippen LogP contribution in [0.1, 0.15) is 61.9 Å². The number of amides is 1. The molecule has 3 rings (SSSR count). The minimum absolute atomic E-state index is 0.0374. The molecule has 0 aliphatic heterocycles. The van der Waals surface area contributed by atoms with Crippen molar-refractivity contribution < 1.29 is 23.7 Å². The zero-order valence-electron chi connectivity index (χ0n) is 22.5. The van der Waals surface area contributed by atoms with Gasteiger partial charge < -0.3 is 28.7 Å². The number of hydrogen-bond acceptors (Lipinski definition) is 6. The molecular formula is C29H42N2O5. The largest absolute Gasteiger partial charge is 0.493 e. The van der Waals surface area contributed by atoms with Crippen LogP contribution in [0.4, 0.5) is 0 Å². The summed E-state index contributed by atoms with van der Waals surface area (Å²) in [4.78, 5) is 18.0. The zero-order chi connectivity index (χ0) is 25.9. The van der Waals surface area contributed by atoms with E-state index in [1.54, 1.807) is 39.5 Å². The Labute approximate surface area is 216 Å². The third-order valence-electron chi connectivity index (χ3n) is 6.91. The molecule has 0 radical (unpaired) electrons. The predicted octanol–water partition coefficient (Wildman–Crippen LogP) is 5.41. The van der Waals surface area contributed by atoms with Gasteiger partial charge in [0.25, 0.3) is 5.91 Å². The molecule has 7 heteroatoms. The first-order valence-electron chi connectivity index (χ1n) is 13.1. The van der Waals surface area contributed by atoms with Crippen LogP contribution in [0.2, 0.25) is 0 Å². The molecular weight excluding hydrogens is 456 g/mol. The lowest BCUT2D eigenvalue weighted by molar-refractivity contribution is 0.0734. The van der Waals surface area contributed by atoms with Crippen LogP contribution in [0.3, 0.4) is 0 Å². The van der Waals surface area contributed by atoms with Gasteiger partial charge in [0.15, 0.2) is 23.0 Å². The number of rotatable bonds is 14. The molecule has 1 fully saturated rings. The molecule has 0 unspecified atom stereocenters. The average molecular weight is 499 g/mol. The Balaban J connectivity index is 1.83.